The van der Waals surface area contributed by atoms with Gasteiger partial charge in [0.1, 0.15) is 0 Å². The lowest BCUT2D eigenvalue weighted by molar-refractivity contribution is -0.101. The Labute approximate surface area is 55.8 Å². The summed E-state index contributed by atoms with van der Waals surface area (Å²) in [6.45, 7) is 3.96. The van der Waals surface area contributed by atoms with Gasteiger partial charge in [-0.25, -0.2) is 0 Å². The highest BCUT2D eigenvalue weighted by atomic mass is 16.5. The molecule has 0 aliphatic carbocycles. The lowest BCUT2D eigenvalue weighted by Gasteiger charge is -2.29. The van der Waals surface area contributed by atoms with Gasteiger partial charge in [0.2, 0.25) is 0 Å². The first-order valence-corrected chi connectivity index (χ1v) is 3.53. The van der Waals surface area contributed by atoms with E-state index in [4.69, 9.17) is 4.74 Å². The lowest BCUT2D eigenvalue weighted by atomic mass is 10.0. The molecule has 0 radical (unpaired) electrons. The van der Waals surface area contributed by atoms with Gasteiger partial charge in [0.15, 0.2) is 0 Å². The normalized spacial score (nSPS) is 45.0. The number of hydrogen-bond acceptors (Lipinski definition) is 2. The summed E-state index contributed by atoms with van der Waals surface area (Å²) in [6, 6.07) is 0. The van der Waals surface area contributed by atoms with Crippen molar-refractivity contribution in [3.05, 3.63) is 0 Å². The predicted molar refractivity (Wildman–Crippen MR) is 35.2 cm³/mol. The van der Waals surface area contributed by atoms with Gasteiger partial charge in [0, 0.05) is 0 Å². The van der Waals surface area contributed by atoms with Gasteiger partial charge < -0.3 is 9.84 Å². The molecule has 2 unspecified atom stereocenters. The van der Waals surface area contributed by atoms with Gasteiger partial charge in [-0.15, -0.1) is 0 Å². The molecule has 0 spiro atoms. The van der Waals surface area contributed by atoms with Crippen LogP contribution in [0, 0.1) is 0 Å². The van der Waals surface area contributed by atoms with Crippen molar-refractivity contribution in [3.8, 4) is 0 Å². The third kappa shape index (κ3) is 1.66. The summed E-state index contributed by atoms with van der Waals surface area (Å²) in [6.07, 6.45) is 2.02. The smallest absolute Gasteiger partial charge is 0.0809 e. The fourth-order valence-corrected chi connectivity index (χ4v) is 1.17. The molecule has 0 bridgehead atoms. The van der Waals surface area contributed by atoms with Crippen LogP contribution in [0.5, 0.6) is 0 Å². The molecular weight excluding hydrogens is 116 g/mol. The Hall–Kier alpha value is -0.0800. The molecule has 0 amide bonds. The fraction of sp³-hybridized carbons (Fsp3) is 1.00. The lowest BCUT2D eigenvalue weighted by Crippen LogP contribution is -2.35. The predicted octanol–water partition coefficient (Wildman–Crippen LogP) is 0.935. The number of aliphatic hydroxyl groups is 1. The third-order valence-corrected chi connectivity index (χ3v) is 1.86. The molecule has 3 atom stereocenters. The molecule has 2 nitrogen and oxygen atoms in total. The quantitative estimate of drug-likeness (QED) is 0.528. The average Bonchev–Trinajstić information content (AvgIpc) is 1.80. The van der Waals surface area contributed by atoms with E-state index in [9.17, 15) is 5.11 Å². The van der Waals surface area contributed by atoms with Crippen molar-refractivity contribution in [2.45, 2.75) is 45.0 Å². The highest BCUT2D eigenvalue weighted by molar-refractivity contribution is 4.72. The molecule has 0 aromatic carbocycles. The molecule has 0 aromatic heterocycles. The van der Waals surface area contributed by atoms with Crippen LogP contribution < -0.4 is 0 Å². The van der Waals surface area contributed by atoms with Gasteiger partial charge in [0.05, 0.1) is 18.3 Å². The number of rotatable bonds is 0. The molecule has 1 saturated heterocycles. The summed E-state index contributed by atoms with van der Waals surface area (Å²) in [7, 11) is 0. The van der Waals surface area contributed by atoms with Crippen LogP contribution >= 0.6 is 0 Å². The van der Waals surface area contributed by atoms with Crippen LogP contribution in [-0.4, -0.2) is 23.4 Å². The van der Waals surface area contributed by atoms with E-state index >= 15 is 0 Å². The van der Waals surface area contributed by atoms with Crippen molar-refractivity contribution in [1.29, 1.82) is 0 Å². The van der Waals surface area contributed by atoms with Crippen molar-refractivity contribution in [3.63, 3.8) is 0 Å². The number of aliphatic hydroxyl groups excluding tert-OH is 1. The Kier molecular flexibility index (Phi) is 2.09. The van der Waals surface area contributed by atoms with Gasteiger partial charge in [-0.2, -0.15) is 0 Å². The van der Waals surface area contributed by atoms with Crippen LogP contribution in [0.25, 0.3) is 0 Å². The second-order valence-electron chi connectivity index (χ2n) is 2.80. The summed E-state index contributed by atoms with van der Waals surface area (Å²) >= 11 is 0. The molecule has 1 N–H and O–H groups in total. The summed E-state index contributed by atoms with van der Waals surface area (Å²) in [5.74, 6) is 0. The summed E-state index contributed by atoms with van der Waals surface area (Å²) < 4.78 is 5.35. The van der Waals surface area contributed by atoms with Gasteiger partial charge in [-0.05, 0) is 26.7 Å². The monoisotopic (exact) mass is 130 g/mol. The summed E-state index contributed by atoms with van der Waals surface area (Å²) in [5.41, 5.74) is 0. The Morgan fingerprint density at radius 3 is 2.44 bits per heavy atom. The first-order valence-electron chi connectivity index (χ1n) is 3.53. The van der Waals surface area contributed by atoms with E-state index in [1.807, 2.05) is 13.8 Å². The minimum Gasteiger partial charge on any atom is -0.390 e. The van der Waals surface area contributed by atoms with Gasteiger partial charge in [0.25, 0.3) is 0 Å². The van der Waals surface area contributed by atoms with Crippen molar-refractivity contribution in [2.75, 3.05) is 0 Å². The van der Waals surface area contributed by atoms with E-state index in [0.29, 0.717) is 6.10 Å². The molecule has 2 heteroatoms. The van der Waals surface area contributed by atoms with Crippen LogP contribution in [0.2, 0.25) is 0 Å². The standard InChI is InChI=1S/C7H14O2/c1-5-3-4-7(8)6(2)9-5/h5-8H,3-4H2,1-2H3/t5?,6?,7-/m1/s1. The molecule has 1 fully saturated rings. The fourth-order valence-electron chi connectivity index (χ4n) is 1.17. The zero-order valence-corrected chi connectivity index (χ0v) is 6.00. The highest BCUT2D eigenvalue weighted by Gasteiger charge is 2.23. The van der Waals surface area contributed by atoms with Crippen LogP contribution in [0.4, 0.5) is 0 Å². The van der Waals surface area contributed by atoms with Crippen LogP contribution in [0.3, 0.4) is 0 Å². The minimum absolute atomic E-state index is 0.0359. The topological polar surface area (TPSA) is 29.5 Å². The van der Waals surface area contributed by atoms with E-state index in [0.717, 1.165) is 12.8 Å². The van der Waals surface area contributed by atoms with E-state index < -0.39 is 0 Å². The zero-order chi connectivity index (χ0) is 6.85. The molecular formula is C7H14O2. The van der Waals surface area contributed by atoms with Crippen molar-refractivity contribution < 1.29 is 9.84 Å². The maximum absolute atomic E-state index is 9.17. The molecule has 1 heterocycles. The van der Waals surface area contributed by atoms with Crippen molar-refractivity contribution in [2.24, 2.45) is 0 Å². The maximum Gasteiger partial charge on any atom is 0.0809 e. The summed E-state index contributed by atoms with van der Waals surface area (Å²) in [4.78, 5) is 0. The second-order valence-corrected chi connectivity index (χ2v) is 2.80. The Morgan fingerprint density at radius 1 is 1.33 bits per heavy atom. The van der Waals surface area contributed by atoms with Gasteiger partial charge in [-0.1, -0.05) is 0 Å². The zero-order valence-electron chi connectivity index (χ0n) is 6.00. The highest BCUT2D eigenvalue weighted by Crippen LogP contribution is 2.18. The Balaban J connectivity index is 2.35. The Morgan fingerprint density at radius 2 is 2.00 bits per heavy atom. The molecule has 9 heavy (non-hydrogen) atoms. The molecule has 1 rings (SSSR count). The van der Waals surface area contributed by atoms with E-state index in [1.165, 1.54) is 0 Å². The van der Waals surface area contributed by atoms with E-state index in [2.05, 4.69) is 0 Å². The number of ether oxygens (including phenoxy) is 1. The Bertz CT molecular complexity index is 92.9. The van der Waals surface area contributed by atoms with Crippen molar-refractivity contribution in [1.82, 2.24) is 0 Å². The molecule has 0 aromatic rings. The SMILES string of the molecule is CC1CC[C@@H](O)C(C)O1. The van der Waals surface area contributed by atoms with Crippen LogP contribution in [0.1, 0.15) is 26.7 Å². The van der Waals surface area contributed by atoms with Crippen LogP contribution in [0.15, 0.2) is 0 Å². The molecule has 0 saturated carbocycles. The van der Waals surface area contributed by atoms with Crippen LogP contribution in [-0.2, 0) is 4.74 Å². The third-order valence-electron chi connectivity index (χ3n) is 1.86. The largest absolute Gasteiger partial charge is 0.390 e. The van der Waals surface area contributed by atoms with Gasteiger partial charge in [-0.3, -0.25) is 0 Å². The minimum atomic E-state index is -0.235. The van der Waals surface area contributed by atoms with Gasteiger partial charge >= 0.3 is 0 Å². The van der Waals surface area contributed by atoms with E-state index in [-0.39, 0.29) is 12.2 Å². The molecule has 1 aliphatic heterocycles. The summed E-state index contributed by atoms with van der Waals surface area (Å²) in [5, 5.41) is 9.17. The number of hydrogen-bond donors (Lipinski definition) is 1. The first-order chi connectivity index (χ1) is 4.20. The molecule has 54 valence electrons. The van der Waals surface area contributed by atoms with E-state index in [1.54, 1.807) is 0 Å². The first kappa shape index (κ1) is 7.03. The molecule has 1 aliphatic rings. The average molecular weight is 130 g/mol. The van der Waals surface area contributed by atoms with Crippen molar-refractivity contribution >= 4 is 0 Å². The second kappa shape index (κ2) is 2.67. The maximum atomic E-state index is 9.17.